The van der Waals surface area contributed by atoms with Gasteiger partial charge in [-0.05, 0) is 29.8 Å². The van der Waals surface area contributed by atoms with Gasteiger partial charge < -0.3 is 0 Å². The second-order valence-corrected chi connectivity index (χ2v) is 4.03. The van der Waals surface area contributed by atoms with Crippen molar-refractivity contribution in [1.29, 1.82) is 0 Å². The first-order valence-corrected chi connectivity index (χ1v) is 4.77. The van der Waals surface area contributed by atoms with Crippen LogP contribution in [0.3, 0.4) is 0 Å². The molecule has 0 aliphatic carbocycles. The predicted octanol–water partition coefficient (Wildman–Crippen LogP) is 3.09. The Bertz CT molecular complexity index is 369. The number of rotatable bonds is 2. The van der Waals surface area contributed by atoms with Gasteiger partial charge in [0.2, 0.25) is 0 Å². The zero-order valence-corrected chi connectivity index (χ0v) is 8.57. The average Bonchev–Trinajstić information content (AvgIpc) is 2.57. The zero-order valence-electron chi connectivity index (χ0n) is 7.81. The minimum absolute atomic E-state index is 0.284. The lowest BCUT2D eigenvalue weighted by atomic mass is 9.95. The molecule has 0 amide bonds. The van der Waals surface area contributed by atoms with E-state index in [-0.39, 0.29) is 5.54 Å². The fraction of sp³-hybridized carbons (Fsp3) is 0.300. The molecule has 14 heavy (non-hydrogen) atoms. The summed E-state index contributed by atoms with van der Waals surface area (Å²) in [5, 5.41) is 12.2. The monoisotopic (exact) mass is 207 g/mol. The Morgan fingerprint density at radius 2 is 2.00 bits per heavy atom. The van der Waals surface area contributed by atoms with Crippen molar-refractivity contribution in [3.05, 3.63) is 34.9 Å². The molecule has 3 nitrogen and oxygen atoms in total. The topological polar surface area (TPSA) is 37.1 Å². The normalized spacial score (nSPS) is 24.4. The molecular weight excluding hydrogens is 198 g/mol. The maximum Gasteiger partial charge on any atom is 0.122 e. The Hall–Kier alpha value is -1.22. The quantitative estimate of drug-likeness (QED) is 0.715. The largest absolute Gasteiger partial charge is 0.156 e. The first kappa shape index (κ1) is 9.34. The highest BCUT2D eigenvalue weighted by molar-refractivity contribution is 6.30. The Kier molecular flexibility index (Phi) is 2.33. The highest BCUT2D eigenvalue weighted by Crippen LogP contribution is 2.20. The van der Waals surface area contributed by atoms with E-state index < -0.39 is 0 Å². The third-order valence-electron chi connectivity index (χ3n) is 2.14. The molecule has 0 fully saturated rings. The molecular formula is C10H10ClN3. The van der Waals surface area contributed by atoms with Crippen molar-refractivity contribution in [3.8, 4) is 0 Å². The summed E-state index contributed by atoms with van der Waals surface area (Å²) in [6.45, 7) is 2.00. The van der Waals surface area contributed by atoms with Crippen molar-refractivity contribution in [3.63, 3.8) is 0 Å². The van der Waals surface area contributed by atoms with Crippen LogP contribution in [0.15, 0.2) is 39.7 Å². The van der Waals surface area contributed by atoms with E-state index in [2.05, 4.69) is 15.4 Å². The summed E-state index contributed by atoms with van der Waals surface area (Å²) in [5.41, 5.74) is 0.901. The minimum atomic E-state index is -0.284. The van der Waals surface area contributed by atoms with Crippen molar-refractivity contribution in [2.75, 3.05) is 0 Å². The van der Waals surface area contributed by atoms with E-state index in [1.807, 2.05) is 31.2 Å². The van der Waals surface area contributed by atoms with Crippen LogP contribution in [-0.4, -0.2) is 11.8 Å². The van der Waals surface area contributed by atoms with Gasteiger partial charge in [0.05, 0.1) is 6.21 Å². The molecule has 1 aliphatic rings. The van der Waals surface area contributed by atoms with Gasteiger partial charge in [-0.2, -0.15) is 5.11 Å². The summed E-state index contributed by atoms with van der Waals surface area (Å²) < 4.78 is 0. The predicted molar refractivity (Wildman–Crippen MR) is 56.9 cm³/mol. The van der Waals surface area contributed by atoms with Crippen molar-refractivity contribution in [1.82, 2.24) is 0 Å². The molecule has 1 aliphatic heterocycles. The molecule has 0 spiro atoms. The van der Waals surface area contributed by atoms with Crippen molar-refractivity contribution < 1.29 is 0 Å². The van der Waals surface area contributed by atoms with E-state index in [0.29, 0.717) is 0 Å². The summed E-state index contributed by atoms with van der Waals surface area (Å²) in [7, 11) is 0. The van der Waals surface area contributed by atoms with Gasteiger partial charge in [-0.15, -0.1) is 5.10 Å². The van der Waals surface area contributed by atoms with Gasteiger partial charge in [0.25, 0.3) is 0 Å². The molecule has 1 aromatic rings. The standard InChI is InChI=1S/C10H10ClN3/c1-10(7-12-14-13-10)6-8-2-4-9(11)5-3-8/h2-5,7H,6H2,1H3. The summed E-state index contributed by atoms with van der Waals surface area (Å²) >= 11 is 5.79. The molecule has 0 radical (unpaired) electrons. The van der Waals surface area contributed by atoms with Crippen molar-refractivity contribution in [2.45, 2.75) is 18.9 Å². The number of nitrogens with zero attached hydrogens (tertiary/aromatic N) is 3. The van der Waals surface area contributed by atoms with Crippen LogP contribution in [-0.2, 0) is 6.42 Å². The van der Waals surface area contributed by atoms with Crippen LogP contribution in [0.2, 0.25) is 5.02 Å². The maximum absolute atomic E-state index is 5.79. The Morgan fingerprint density at radius 1 is 1.29 bits per heavy atom. The lowest BCUT2D eigenvalue weighted by Crippen LogP contribution is -2.24. The van der Waals surface area contributed by atoms with Gasteiger partial charge >= 0.3 is 0 Å². The third kappa shape index (κ3) is 1.99. The van der Waals surface area contributed by atoms with Gasteiger partial charge in [0.1, 0.15) is 5.54 Å². The van der Waals surface area contributed by atoms with Gasteiger partial charge in [0, 0.05) is 11.4 Å². The van der Waals surface area contributed by atoms with E-state index in [0.717, 1.165) is 11.4 Å². The van der Waals surface area contributed by atoms with E-state index >= 15 is 0 Å². The van der Waals surface area contributed by atoms with Crippen LogP contribution in [0.25, 0.3) is 0 Å². The van der Waals surface area contributed by atoms with Gasteiger partial charge in [0.15, 0.2) is 0 Å². The summed E-state index contributed by atoms with van der Waals surface area (Å²) in [6.07, 6.45) is 2.57. The molecule has 1 unspecified atom stereocenters. The lowest BCUT2D eigenvalue weighted by Gasteiger charge is -2.14. The lowest BCUT2D eigenvalue weighted by molar-refractivity contribution is 0.620. The highest BCUT2D eigenvalue weighted by atomic mass is 35.5. The first-order valence-electron chi connectivity index (χ1n) is 4.39. The molecule has 0 bridgehead atoms. The molecule has 72 valence electrons. The van der Waals surface area contributed by atoms with E-state index in [1.165, 1.54) is 5.56 Å². The van der Waals surface area contributed by atoms with E-state index in [9.17, 15) is 0 Å². The van der Waals surface area contributed by atoms with E-state index in [1.54, 1.807) is 6.21 Å². The van der Waals surface area contributed by atoms with Crippen LogP contribution in [0, 0.1) is 0 Å². The molecule has 4 heteroatoms. The molecule has 0 saturated heterocycles. The number of hydrogen-bond acceptors (Lipinski definition) is 3. The minimum Gasteiger partial charge on any atom is -0.156 e. The molecule has 1 atom stereocenters. The summed E-state index contributed by atoms with van der Waals surface area (Å²) in [6, 6.07) is 7.75. The SMILES string of the molecule is CC1(Cc2ccc(Cl)cc2)C=NN=N1. The molecule has 0 saturated carbocycles. The second kappa shape index (κ2) is 3.50. The molecule has 1 heterocycles. The molecule has 0 N–H and O–H groups in total. The number of benzene rings is 1. The Balaban J connectivity index is 2.15. The maximum atomic E-state index is 5.79. The second-order valence-electron chi connectivity index (χ2n) is 3.59. The van der Waals surface area contributed by atoms with Crippen LogP contribution in [0.5, 0.6) is 0 Å². The highest BCUT2D eigenvalue weighted by Gasteiger charge is 2.24. The molecule has 0 aromatic heterocycles. The fourth-order valence-electron chi connectivity index (χ4n) is 1.40. The van der Waals surface area contributed by atoms with Crippen LogP contribution in [0.4, 0.5) is 0 Å². The summed E-state index contributed by atoms with van der Waals surface area (Å²) in [5.74, 6) is 0. The van der Waals surface area contributed by atoms with Crippen molar-refractivity contribution in [2.24, 2.45) is 15.4 Å². The van der Waals surface area contributed by atoms with Crippen molar-refractivity contribution >= 4 is 17.8 Å². The number of halogens is 1. The zero-order chi connectivity index (χ0) is 10.0. The van der Waals surface area contributed by atoms with Crippen LogP contribution in [0.1, 0.15) is 12.5 Å². The Labute approximate surface area is 87.5 Å². The summed E-state index contributed by atoms with van der Waals surface area (Å²) in [4.78, 5) is 0. The fourth-order valence-corrected chi connectivity index (χ4v) is 1.53. The smallest absolute Gasteiger partial charge is 0.122 e. The third-order valence-corrected chi connectivity index (χ3v) is 2.39. The van der Waals surface area contributed by atoms with Gasteiger partial charge in [-0.25, -0.2) is 0 Å². The number of hydrogen-bond donors (Lipinski definition) is 0. The molecule has 1 aromatic carbocycles. The van der Waals surface area contributed by atoms with E-state index in [4.69, 9.17) is 11.6 Å². The van der Waals surface area contributed by atoms with Crippen LogP contribution < -0.4 is 0 Å². The first-order chi connectivity index (χ1) is 6.68. The Morgan fingerprint density at radius 3 is 2.57 bits per heavy atom. The average molecular weight is 208 g/mol. The van der Waals surface area contributed by atoms with Gasteiger partial charge in [-0.1, -0.05) is 23.7 Å². The van der Waals surface area contributed by atoms with Crippen LogP contribution >= 0.6 is 11.6 Å². The molecule has 2 rings (SSSR count). The van der Waals surface area contributed by atoms with Gasteiger partial charge in [-0.3, -0.25) is 0 Å².